The number of halogens is 1. The van der Waals surface area contributed by atoms with Gasteiger partial charge in [-0.1, -0.05) is 18.2 Å². The number of hydrogen-bond donors (Lipinski definition) is 0. The van der Waals surface area contributed by atoms with Crippen molar-refractivity contribution < 1.29 is 8.81 Å². The van der Waals surface area contributed by atoms with Crippen molar-refractivity contribution in [3.05, 3.63) is 41.8 Å². The van der Waals surface area contributed by atoms with Gasteiger partial charge in [0.2, 0.25) is 11.8 Å². The molecule has 3 aromatic rings. The Labute approximate surface area is 148 Å². The van der Waals surface area contributed by atoms with Crippen LogP contribution in [0, 0.1) is 5.82 Å². The lowest BCUT2D eigenvalue weighted by Gasteiger charge is -2.09. The van der Waals surface area contributed by atoms with Crippen LogP contribution < -0.4 is 0 Å². The Hall–Kier alpha value is -2.22. The lowest BCUT2D eigenvalue weighted by Crippen LogP contribution is -2.03. The van der Waals surface area contributed by atoms with Crippen molar-refractivity contribution in [3.63, 3.8) is 0 Å². The summed E-state index contributed by atoms with van der Waals surface area (Å²) in [6, 6.07) is 6.01. The Kier molecular flexibility index (Phi) is 4.52. The van der Waals surface area contributed by atoms with Gasteiger partial charge in [-0.25, -0.2) is 4.39 Å². The van der Waals surface area contributed by atoms with Crippen molar-refractivity contribution in [2.45, 2.75) is 49.6 Å². The van der Waals surface area contributed by atoms with Crippen molar-refractivity contribution in [2.24, 2.45) is 0 Å². The standard InChI is InChI=1S/C17H18FN5OS/c1-11(25-17-22-19-14-5-3-2-4-10-23(14)17)15-20-21-16(24-15)12-6-8-13(18)9-7-12/h6-9,11H,2-5,10H2,1H3. The third-order valence-electron chi connectivity index (χ3n) is 4.24. The summed E-state index contributed by atoms with van der Waals surface area (Å²) in [4.78, 5) is 0. The summed E-state index contributed by atoms with van der Waals surface area (Å²) >= 11 is 1.57. The molecule has 8 heteroatoms. The molecular weight excluding hydrogens is 341 g/mol. The minimum atomic E-state index is -0.292. The van der Waals surface area contributed by atoms with E-state index in [9.17, 15) is 4.39 Å². The molecule has 1 atom stereocenters. The van der Waals surface area contributed by atoms with Gasteiger partial charge in [-0.3, -0.25) is 0 Å². The minimum Gasteiger partial charge on any atom is -0.419 e. The number of benzene rings is 1. The first-order valence-electron chi connectivity index (χ1n) is 8.39. The highest BCUT2D eigenvalue weighted by Gasteiger charge is 2.21. The van der Waals surface area contributed by atoms with Crippen LogP contribution in [-0.2, 0) is 13.0 Å². The molecule has 0 saturated carbocycles. The Morgan fingerprint density at radius 2 is 1.92 bits per heavy atom. The summed E-state index contributed by atoms with van der Waals surface area (Å²) in [5, 5.41) is 17.7. The monoisotopic (exact) mass is 359 g/mol. The van der Waals surface area contributed by atoms with Gasteiger partial charge < -0.3 is 8.98 Å². The molecule has 25 heavy (non-hydrogen) atoms. The summed E-state index contributed by atoms with van der Waals surface area (Å²) in [5.41, 5.74) is 0.702. The first-order chi connectivity index (χ1) is 12.2. The van der Waals surface area contributed by atoms with Gasteiger partial charge in [-0.05, 0) is 44.0 Å². The largest absolute Gasteiger partial charge is 0.419 e. The van der Waals surface area contributed by atoms with Gasteiger partial charge in [0.15, 0.2) is 5.16 Å². The maximum Gasteiger partial charge on any atom is 0.247 e. The molecule has 0 fully saturated rings. The van der Waals surface area contributed by atoms with Gasteiger partial charge in [-0.2, -0.15) is 0 Å². The Morgan fingerprint density at radius 1 is 1.08 bits per heavy atom. The predicted molar refractivity (Wildman–Crippen MR) is 91.5 cm³/mol. The van der Waals surface area contributed by atoms with Crippen LogP contribution in [0.25, 0.3) is 11.5 Å². The maximum absolute atomic E-state index is 13.0. The third-order valence-corrected chi connectivity index (χ3v) is 5.31. The van der Waals surface area contributed by atoms with Gasteiger partial charge >= 0.3 is 0 Å². The highest BCUT2D eigenvalue weighted by atomic mass is 32.2. The van der Waals surface area contributed by atoms with Crippen LogP contribution in [0.4, 0.5) is 4.39 Å². The van der Waals surface area contributed by atoms with Crippen LogP contribution in [0.5, 0.6) is 0 Å². The molecule has 1 unspecified atom stereocenters. The van der Waals surface area contributed by atoms with Crippen molar-refractivity contribution >= 4 is 11.8 Å². The Morgan fingerprint density at radius 3 is 2.76 bits per heavy atom. The van der Waals surface area contributed by atoms with Crippen molar-refractivity contribution in [2.75, 3.05) is 0 Å². The highest BCUT2D eigenvalue weighted by Crippen LogP contribution is 2.35. The average Bonchev–Trinajstić information content (AvgIpc) is 3.17. The zero-order valence-corrected chi connectivity index (χ0v) is 14.7. The maximum atomic E-state index is 13.0. The molecule has 1 aliphatic rings. The summed E-state index contributed by atoms with van der Waals surface area (Å²) in [6.07, 6.45) is 4.54. The van der Waals surface area contributed by atoms with Crippen LogP contribution >= 0.6 is 11.8 Å². The van der Waals surface area contributed by atoms with E-state index in [1.807, 2.05) is 6.92 Å². The van der Waals surface area contributed by atoms with E-state index in [0.717, 1.165) is 30.4 Å². The zero-order valence-electron chi connectivity index (χ0n) is 13.9. The predicted octanol–water partition coefficient (Wildman–Crippen LogP) is 4.05. The number of fused-ring (bicyclic) bond motifs is 1. The molecule has 1 aromatic carbocycles. The molecule has 1 aliphatic heterocycles. The number of thioether (sulfide) groups is 1. The molecule has 0 spiro atoms. The van der Waals surface area contributed by atoms with E-state index in [0.29, 0.717) is 17.3 Å². The van der Waals surface area contributed by atoms with Crippen LogP contribution in [-0.4, -0.2) is 25.0 Å². The van der Waals surface area contributed by atoms with E-state index in [1.54, 1.807) is 23.9 Å². The second-order valence-electron chi connectivity index (χ2n) is 6.07. The fourth-order valence-corrected chi connectivity index (χ4v) is 3.79. The minimum absolute atomic E-state index is 0.0433. The van der Waals surface area contributed by atoms with Crippen molar-refractivity contribution in [3.8, 4) is 11.5 Å². The van der Waals surface area contributed by atoms with E-state index in [1.165, 1.54) is 25.0 Å². The summed E-state index contributed by atoms with van der Waals surface area (Å²) < 4.78 is 21.0. The van der Waals surface area contributed by atoms with Gasteiger partial charge in [0, 0.05) is 18.5 Å². The molecule has 0 N–H and O–H groups in total. The van der Waals surface area contributed by atoms with Crippen LogP contribution in [0.1, 0.15) is 43.2 Å². The van der Waals surface area contributed by atoms with E-state index < -0.39 is 0 Å². The number of aromatic nitrogens is 5. The first kappa shape index (κ1) is 16.3. The van der Waals surface area contributed by atoms with E-state index in [-0.39, 0.29) is 11.1 Å². The molecule has 4 rings (SSSR count). The second-order valence-corrected chi connectivity index (χ2v) is 7.38. The number of hydrogen-bond acceptors (Lipinski definition) is 6. The molecule has 0 saturated heterocycles. The lowest BCUT2D eigenvalue weighted by molar-refractivity contribution is 0.508. The average molecular weight is 359 g/mol. The number of rotatable bonds is 4. The quantitative estimate of drug-likeness (QED) is 0.655. The van der Waals surface area contributed by atoms with Crippen LogP contribution in [0.15, 0.2) is 33.8 Å². The van der Waals surface area contributed by atoms with Crippen LogP contribution in [0.3, 0.4) is 0 Å². The summed E-state index contributed by atoms with van der Waals surface area (Å²) in [5.74, 6) is 1.68. The molecular formula is C17H18FN5OS. The number of nitrogens with zero attached hydrogens (tertiary/aromatic N) is 5. The van der Waals surface area contributed by atoms with Gasteiger partial charge in [0.05, 0.1) is 5.25 Å². The highest BCUT2D eigenvalue weighted by molar-refractivity contribution is 7.99. The smallest absolute Gasteiger partial charge is 0.247 e. The van der Waals surface area contributed by atoms with Gasteiger partial charge in [0.25, 0.3) is 0 Å². The lowest BCUT2D eigenvalue weighted by atomic mass is 10.2. The first-order valence-corrected chi connectivity index (χ1v) is 9.27. The summed E-state index contributed by atoms with van der Waals surface area (Å²) in [7, 11) is 0. The molecule has 0 amide bonds. The third kappa shape index (κ3) is 3.44. The molecule has 6 nitrogen and oxygen atoms in total. The zero-order chi connectivity index (χ0) is 17.2. The molecule has 0 aliphatic carbocycles. The molecule has 3 heterocycles. The fraction of sp³-hybridized carbons (Fsp3) is 0.412. The second kappa shape index (κ2) is 6.95. The molecule has 0 bridgehead atoms. The van der Waals surface area contributed by atoms with E-state index in [2.05, 4.69) is 25.0 Å². The Balaban J connectivity index is 1.51. The molecule has 0 radical (unpaired) electrons. The Bertz CT molecular complexity index is 860. The summed E-state index contributed by atoms with van der Waals surface area (Å²) in [6.45, 7) is 2.97. The van der Waals surface area contributed by atoms with Gasteiger partial charge in [-0.15, -0.1) is 20.4 Å². The van der Waals surface area contributed by atoms with Crippen LogP contribution in [0.2, 0.25) is 0 Å². The van der Waals surface area contributed by atoms with Crippen molar-refractivity contribution in [1.29, 1.82) is 0 Å². The topological polar surface area (TPSA) is 69.6 Å². The van der Waals surface area contributed by atoms with Gasteiger partial charge in [0.1, 0.15) is 11.6 Å². The SMILES string of the molecule is CC(Sc1nnc2n1CCCCC2)c1nnc(-c2ccc(F)cc2)o1. The molecule has 2 aromatic heterocycles. The normalized spacial score (nSPS) is 15.6. The van der Waals surface area contributed by atoms with E-state index >= 15 is 0 Å². The van der Waals surface area contributed by atoms with E-state index in [4.69, 9.17) is 4.42 Å². The van der Waals surface area contributed by atoms with Crippen molar-refractivity contribution in [1.82, 2.24) is 25.0 Å². The number of aryl methyl sites for hydroxylation is 1. The fourth-order valence-electron chi connectivity index (χ4n) is 2.86. The molecule has 130 valence electrons.